The lowest BCUT2D eigenvalue weighted by Crippen LogP contribution is -2.23. The molecule has 0 unspecified atom stereocenters. The lowest BCUT2D eigenvalue weighted by Gasteiger charge is -2.11. The zero-order valence-electron chi connectivity index (χ0n) is 16.5. The minimum absolute atomic E-state index is 0.0338. The van der Waals surface area contributed by atoms with Crippen molar-refractivity contribution in [3.63, 3.8) is 0 Å². The quantitative estimate of drug-likeness (QED) is 0.318. The Morgan fingerprint density at radius 2 is 2.03 bits per heavy atom. The summed E-state index contributed by atoms with van der Waals surface area (Å²) in [5.74, 6) is 1.08. The SMILES string of the molecule is COc1ccc(-c2cc3nc(SCC(C)=O)n(Cc4cccnc4)c(=O)c3s2)cc1. The van der Waals surface area contributed by atoms with Crippen LogP contribution in [0.3, 0.4) is 0 Å². The molecule has 0 N–H and O–H groups in total. The van der Waals surface area contributed by atoms with Gasteiger partial charge in [-0.3, -0.25) is 19.1 Å². The van der Waals surface area contributed by atoms with Gasteiger partial charge in [-0.05, 0) is 54.4 Å². The van der Waals surface area contributed by atoms with E-state index in [4.69, 9.17) is 9.72 Å². The molecule has 0 aliphatic heterocycles. The third kappa shape index (κ3) is 4.29. The van der Waals surface area contributed by atoms with Crippen molar-refractivity contribution in [2.24, 2.45) is 0 Å². The molecule has 4 aromatic rings. The molecule has 0 bridgehead atoms. The number of hydrogen-bond acceptors (Lipinski definition) is 7. The van der Waals surface area contributed by atoms with E-state index in [2.05, 4.69) is 4.98 Å². The Balaban J connectivity index is 1.81. The highest BCUT2D eigenvalue weighted by Gasteiger charge is 2.16. The smallest absolute Gasteiger partial charge is 0.272 e. The Bertz CT molecular complexity index is 1250. The molecule has 30 heavy (non-hydrogen) atoms. The van der Waals surface area contributed by atoms with Crippen LogP contribution in [0.25, 0.3) is 20.7 Å². The number of rotatable bonds is 7. The number of benzene rings is 1. The van der Waals surface area contributed by atoms with Crippen molar-refractivity contribution in [1.82, 2.24) is 14.5 Å². The summed E-state index contributed by atoms with van der Waals surface area (Å²) in [6.07, 6.45) is 3.42. The van der Waals surface area contributed by atoms with Gasteiger partial charge in [0.1, 0.15) is 16.2 Å². The summed E-state index contributed by atoms with van der Waals surface area (Å²) in [6.45, 7) is 1.88. The maximum Gasteiger partial charge on any atom is 0.272 e. The number of nitrogens with zero attached hydrogens (tertiary/aromatic N) is 3. The van der Waals surface area contributed by atoms with E-state index in [-0.39, 0.29) is 17.1 Å². The van der Waals surface area contributed by atoms with E-state index in [1.807, 2.05) is 42.5 Å². The molecule has 0 fully saturated rings. The lowest BCUT2D eigenvalue weighted by molar-refractivity contribution is -0.114. The van der Waals surface area contributed by atoms with Gasteiger partial charge in [-0.2, -0.15) is 0 Å². The van der Waals surface area contributed by atoms with Crippen LogP contribution >= 0.6 is 23.1 Å². The first-order valence-electron chi connectivity index (χ1n) is 9.25. The van der Waals surface area contributed by atoms with Crippen molar-refractivity contribution in [2.75, 3.05) is 12.9 Å². The van der Waals surface area contributed by atoms with Crippen LogP contribution in [0.4, 0.5) is 0 Å². The zero-order valence-corrected chi connectivity index (χ0v) is 18.1. The number of aromatic nitrogens is 3. The Morgan fingerprint density at radius 3 is 2.70 bits per heavy atom. The van der Waals surface area contributed by atoms with E-state index in [0.29, 0.717) is 21.9 Å². The molecule has 3 heterocycles. The molecule has 6 nitrogen and oxygen atoms in total. The minimum atomic E-state index is -0.111. The van der Waals surface area contributed by atoms with Crippen LogP contribution in [-0.2, 0) is 11.3 Å². The molecule has 0 saturated carbocycles. The van der Waals surface area contributed by atoms with Gasteiger partial charge in [0.25, 0.3) is 5.56 Å². The van der Waals surface area contributed by atoms with Gasteiger partial charge in [-0.25, -0.2) is 4.98 Å². The second kappa shape index (κ2) is 8.81. The van der Waals surface area contributed by atoms with Gasteiger partial charge in [-0.15, -0.1) is 11.3 Å². The molecule has 0 atom stereocenters. The second-order valence-electron chi connectivity index (χ2n) is 6.69. The first-order chi connectivity index (χ1) is 14.5. The lowest BCUT2D eigenvalue weighted by atomic mass is 10.2. The van der Waals surface area contributed by atoms with E-state index in [1.54, 1.807) is 24.1 Å². The zero-order chi connectivity index (χ0) is 21.1. The summed E-state index contributed by atoms with van der Waals surface area (Å²) in [5.41, 5.74) is 2.43. The fourth-order valence-corrected chi connectivity index (χ4v) is 4.83. The number of ether oxygens (including phenoxy) is 1. The van der Waals surface area contributed by atoms with E-state index in [1.165, 1.54) is 30.0 Å². The monoisotopic (exact) mass is 437 g/mol. The maximum absolute atomic E-state index is 13.3. The summed E-state index contributed by atoms with van der Waals surface area (Å²) >= 11 is 2.70. The number of carbonyl (C=O) groups is 1. The Hall–Kier alpha value is -2.97. The molecule has 0 spiro atoms. The fourth-order valence-electron chi connectivity index (χ4n) is 2.98. The largest absolute Gasteiger partial charge is 0.497 e. The first kappa shape index (κ1) is 20.3. The second-order valence-corrected chi connectivity index (χ2v) is 8.69. The number of thioether (sulfide) groups is 1. The standard InChI is InChI=1S/C22H19N3O3S2/c1-14(26)13-29-22-24-18-10-19(16-5-7-17(28-2)8-6-16)30-20(18)21(27)25(22)12-15-4-3-9-23-11-15/h3-11H,12-13H2,1-2H3. The van der Waals surface area contributed by atoms with Crippen LogP contribution in [0.2, 0.25) is 0 Å². The third-order valence-corrected chi connectivity index (χ3v) is 6.72. The number of methoxy groups -OCH3 is 1. The highest BCUT2D eigenvalue weighted by atomic mass is 32.2. The molecular formula is C22H19N3O3S2. The first-order valence-corrected chi connectivity index (χ1v) is 11.1. The molecule has 152 valence electrons. The number of fused-ring (bicyclic) bond motifs is 1. The van der Waals surface area contributed by atoms with Crippen molar-refractivity contribution in [2.45, 2.75) is 18.6 Å². The van der Waals surface area contributed by atoms with Gasteiger partial charge in [0.05, 0.1) is 24.9 Å². The number of Topliss-reactive ketones (excluding diaryl/α,β-unsaturated/α-hetero) is 1. The van der Waals surface area contributed by atoms with Crippen LogP contribution in [0.15, 0.2) is 64.8 Å². The van der Waals surface area contributed by atoms with E-state index < -0.39 is 0 Å². The van der Waals surface area contributed by atoms with Crippen LogP contribution in [0, 0.1) is 0 Å². The average Bonchev–Trinajstić information content (AvgIpc) is 3.19. The predicted molar refractivity (Wildman–Crippen MR) is 121 cm³/mol. The van der Waals surface area contributed by atoms with Crippen molar-refractivity contribution >= 4 is 39.1 Å². The van der Waals surface area contributed by atoms with E-state index in [9.17, 15) is 9.59 Å². The van der Waals surface area contributed by atoms with Gasteiger partial charge in [0, 0.05) is 17.3 Å². The molecular weight excluding hydrogens is 418 g/mol. The Morgan fingerprint density at radius 1 is 1.23 bits per heavy atom. The van der Waals surface area contributed by atoms with Gasteiger partial charge < -0.3 is 4.74 Å². The average molecular weight is 438 g/mol. The number of hydrogen-bond donors (Lipinski definition) is 0. The molecule has 0 saturated heterocycles. The fraction of sp³-hybridized carbons (Fsp3) is 0.182. The van der Waals surface area contributed by atoms with Crippen LogP contribution in [-0.4, -0.2) is 33.2 Å². The highest BCUT2D eigenvalue weighted by molar-refractivity contribution is 7.99. The number of carbonyl (C=O) groups excluding carboxylic acids is 1. The number of ketones is 1. The van der Waals surface area contributed by atoms with Gasteiger partial charge in [0.2, 0.25) is 0 Å². The highest BCUT2D eigenvalue weighted by Crippen LogP contribution is 2.33. The van der Waals surface area contributed by atoms with Crippen LogP contribution < -0.4 is 10.3 Å². The predicted octanol–water partition coefficient (Wildman–Crippen LogP) is 4.26. The number of pyridine rings is 1. The summed E-state index contributed by atoms with van der Waals surface area (Å²) < 4.78 is 7.44. The topological polar surface area (TPSA) is 74.1 Å². The summed E-state index contributed by atoms with van der Waals surface area (Å²) in [6, 6.07) is 13.4. The van der Waals surface area contributed by atoms with Crippen molar-refractivity contribution in [3.05, 3.63) is 70.8 Å². The molecule has 0 radical (unpaired) electrons. The van der Waals surface area contributed by atoms with Crippen molar-refractivity contribution < 1.29 is 9.53 Å². The van der Waals surface area contributed by atoms with Crippen molar-refractivity contribution in [1.29, 1.82) is 0 Å². The normalized spacial score (nSPS) is 11.0. The van der Waals surface area contributed by atoms with Crippen LogP contribution in [0.1, 0.15) is 12.5 Å². The van der Waals surface area contributed by atoms with Crippen molar-refractivity contribution in [3.8, 4) is 16.2 Å². The van der Waals surface area contributed by atoms with Gasteiger partial charge >= 0.3 is 0 Å². The van der Waals surface area contributed by atoms with Gasteiger partial charge in [-0.1, -0.05) is 17.8 Å². The molecule has 3 aromatic heterocycles. The summed E-state index contributed by atoms with van der Waals surface area (Å²) in [7, 11) is 1.63. The Kier molecular flexibility index (Phi) is 5.96. The van der Waals surface area contributed by atoms with E-state index in [0.717, 1.165) is 21.8 Å². The molecule has 0 amide bonds. The molecule has 0 aliphatic rings. The van der Waals surface area contributed by atoms with E-state index >= 15 is 0 Å². The molecule has 4 rings (SSSR count). The molecule has 1 aromatic carbocycles. The summed E-state index contributed by atoms with van der Waals surface area (Å²) in [4.78, 5) is 34.7. The third-order valence-electron chi connectivity index (χ3n) is 4.44. The summed E-state index contributed by atoms with van der Waals surface area (Å²) in [5, 5.41) is 0.533. The van der Waals surface area contributed by atoms with Gasteiger partial charge in [0.15, 0.2) is 5.16 Å². The number of thiophene rings is 1. The maximum atomic E-state index is 13.3. The molecule has 0 aliphatic carbocycles. The van der Waals surface area contributed by atoms with Crippen LogP contribution in [0.5, 0.6) is 5.75 Å². The minimum Gasteiger partial charge on any atom is -0.497 e. The molecule has 8 heteroatoms. The Labute approximate surface area is 181 Å².